The maximum absolute atomic E-state index is 12.8. The van der Waals surface area contributed by atoms with Gasteiger partial charge in [0.25, 0.3) is 5.91 Å². The van der Waals surface area contributed by atoms with Crippen LogP contribution in [0.5, 0.6) is 23.0 Å². The van der Waals surface area contributed by atoms with Gasteiger partial charge >= 0.3 is 0 Å². The second-order valence-corrected chi connectivity index (χ2v) is 6.55. The number of hydrogen-bond donors (Lipinski definition) is 0. The van der Waals surface area contributed by atoms with E-state index in [9.17, 15) is 4.79 Å². The molecule has 0 N–H and O–H groups in total. The standard InChI is InChI=1S/C22H27NO5/c1-4-27-16-7-9-17(10-8-16)28-15-22(24)23-13-5-6-20(23)19-12-11-18(25-2)14-21(19)26-3/h7-12,14,20H,4-6,13,15H2,1-3H3. The van der Waals surface area contributed by atoms with Gasteiger partial charge in [0.1, 0.15) is 23.0 Å². The topological polar surface area (TPSA) is 57.2 Å². The van der Waals surface area contributed by atoms with Gasteiger partial charge in [-0.25, -0.2) is 0 Å². The first-order valence-electron chi connectivity index (χ1n) is 9.53. The molecule has 0 aromatic heterocycles. The highest BCUT2D eigenvalue weighted by atomic mass is 16.5. The molecule has 150 valence electrons. The summed E-state index contributed by atoms with van der Waals surface area (Å²) in [7, 11) is 3.26. The summed E-state index contributed by atoms with van der Waals surface area (Å²) in [6.07, 6.45) is 1.85. The third-order valence-corrected chi connectivity index (χ3v) is 4.87. The summed E-state index contributed by atoms with van der Waals surface area (Å²) in [5.41, 5.74) is 0.996. The van der Waals surface area contributed by atoms with Crippen molar-refractivity contribution >= 4 is 5.91 Å². The molecule has 1 saturated heterocycles. The van der Waals surface area contributed by atoms with Crippen LogP contribution < -0.4 is 18.9 Å². The summed E-state index contributed by atoms with van der Waals surface area (Å²) in [6, 6.07) is 13.0. The predicted molar refractivity (Wildman–Crippen MR) is 106 cm³/mol. The smallest absolute Gasteiger partial charge is 0.261 e. The van der Waals surface area contributed by atoms with Crippen LogP contribution in [-0.2, 0) is 4.79 Å². The number of nitrogens with zero attached hydrogens (tertiary/aromatic N) is 1. The van der Waals surface area contributed by atoms with E-state index in [1.54, 1.807) is 14.2 Å². The van der Waals surface area contributed by atoms with Crippen molar-refractivity contribution in [1.82, 2.24) is 4.90 Å². The molecule has 3 rings (SSSR count). The lowest BCUT2D eigenvalue weighted by Gasteiger charge is -2.26. The summed E-state index contributed by atoms with van der Waals surface area (Å²) in [5, 5.41) is 0. The van der Waals surface area contributed by atoms with Crippen molar-refractivity contribution in [3.05, 3.63) is 48.0 Å². The minimum atomic E-state index is -0.0331. The zero-order valence-electron chi connectivity index (χ0n) is 16.6. The molecule has 0 bridgehead atoms. The quantitative estimate of drug-likeness (QED) is 0.691. The number of likely N-dealkylation sites (tertiary alicyclic amines) is 1. The highest BCUT2D eigenvalue weighted by molar-refractivity contribution is 5.78. The van der Waals surface area contributed by atoms with Crippen molar-refractivity contribution in [2.75, 3.05) is 34.0 Å². The number of hydrogen-bond acceptors (Lipinski definition) is 5. The first-order valence-corrected chi connectivity index (χ1v) is 9.53. The Bertz CT molecular complexity index is 790. The third kappa shape index (κ3) is 4.50. The molecule has 1 heterocycles. The van der Waals surface area contributed by atoms with Crippen LogP contribution in [0.2, 0.25) is 0 Å². The molecule has 1 fully saturated rings. The highest BCUT2D eigenvalue weighted by Gasteiger charge is 2.32. The van der Waals surface area contributed by atoms with E-state index in [1.807, 2.05) is 54.3 Å². The van der Waals surface area contributed by atoms with E-state index < -0.39 is 0 Å². The van der Waals surface area contributed by atoms with Crippen molar-refractivity contribution in [1.29, 1.82) is 0 Å². The molecule has 0 aliphatic carbocycles. The van der Waals surface area contributed by atoms with Crippen LogP contribution in [0, 0.1) is 0 Å². The van der Waals surface area contributed by atoms with Crippen molar-refractivity contribution < 1.29 is 23.7 Å². The summed E-state index contributed by atoms with van der Waals surface area (Å²) in [6.45, 7) is 3.27. The van der Waals surface area contributed by atoms with E-state index in [2.05, 4.69) is 0 Å². The second-order valence-electron chi connectivity index (χ2n) is 6.55. The van der Waals surface area contributed by atoms with Crippen LogP contribution in [0.4, 0.5) is 0 Å². The van der Waals surface area contributed by atoms with Crippen molar-refractivity contribution in [2.24, 2.45) is 0 Å². The van der Waals surface area contributed by atoms with Crippen molar-refractivity contribution in [3.8, 4) is 23.0 Å². The number of carbonyl (C=O) groups excluding carboxylic acids is 1. The molecule has 2 aromatic rings. The molecule has 1 unspecified atom stereocenters. The van der Waals surface area contributed by atoms with Crippen molar-refractivity contribution in [3.63, 3.8) is 0 Å². The van der Waals surface area contributed by atoms with E-state index in [0.717, 1.165) is 35.7 Å². The van der Waals surface area contributed by atoms with Gasteiger partial charge in [0.15, 0.2) is 6.61 Å². The number of amides is 1. The van der Waals surface area contributed by atoms with E-state index >= 15 is 0 Å². The molecule has 2 aromatic carbocycles. The molecular formula is C22H27NO5. The maximum Gasteiger partial charge on any atom is 0.261 e. The maximum atomic E-state index is 12.8. The number of rotatable bonds is 8. The minimum Gasteiger partial charge on any atom is -0.497 e. The molecule has 6 nitrogen and oxygen atoms in total. The largest absolute Gasteiger partial charge is 0.497 e. The zero-order valence-corrected chi connectivity index (χ0v) is 16.6. The Labute approximate surface area is 166 Å². The molecular weight excluding hydrogens is 358 g/mol. The normalized spacial score (nSPS) is 16.0. The van der Waals surface area contributed by atoms with Gasteiger partial charge in [-0.2, -0.15) is 0 Å². The van der Waals surface area contributed by atoms with E-state index in [0.29, 0.717) is 18.9 Å². The Kier molecular flexibility index (Phi) is 6.63. The van der Waals surface area contributed by atoms with Crippen LogP contribution in [0.25, 0.3) is 0 Å². The molecule has 1 aliphatic heterocycles. The molecule has 28 heavy (non-hydrogen) atoms. The van der Waals surface area contributed by atoms with E-state index in [-0.39, 0.29) is 18.6 Å². The van der Waals surface area contributed by atoms with Crippen molar-refractivity contribution in [2.45, 2.75) is 25.8 Å². The molecule has 0 spiro atoms. The average molecular weight is 385 g/mol. The Balaban J connectivity index is 1.66. The van der Waals surface area contributed by atoms with E-state index in [1.165, 1.54) is 0 Å². The Hall–Kier alpha value is -2.89. The zero-order chi connectivity index (χ0) is 19.9. The fraction of sp³-hybridized carbons (Fsp3) is 0.409. The third-order valence-electron chi connectivity index (χ3n) is 4.87. The summed E-state index contributed by atoms with van der Waals surface area (Å²) in [5.74, 6) is 2.86. The van der Waals surface area contributed by atoms with Gasteiger partial charge in [-0.15, -0.1) is 0 Å². The molecule has 0 radical (unpaired) electrons. The second kappa shape index (κ2) is 9.35. The summed E-state index contributed by atoms with van der Waals surface area (Å²) in [4.78, 5) is 14.7. The van der Waals surface area contributed by atoms with Crippen LogP contribution in [0.3, 0.4) is 0 Å². The van der Waals surface area contributed by atoms with Gasteiger partial charge in [0, 0.05) is 18.2 Å². The monoisotopic (exact) mass is 385 g/mol. The lowest BCUT2D eigenvalue weighted by Crippen LogP contribution is -2.34. The van der Waals surface area contributed by atoms with E-state index in [4.69, 9.17) is 18.9 Å². The number of methoxy groups -OCH3 is 2. The number of carbonyl (C=O) groups is 1. The fourth-order valence-electron chi connectivity index (χ4n) is 3.51. The van der Waals surface area contributed by atoms with Crippen LogP contribution in [0.15, 0.2) is 42.5 Å². The SMILES string of the molecule is CCOc1ccc(OCC(=O)N2CCCC2c2ccc(OC)cc2OC)cc1. The minimum absolute atomic E-state index is 0.00293. The lowest BCUT2D eigenvalue weighted by atomic mass is 10.0. The average Bonchev–Trinajstić information content (AvgIpc) is 3.22. The Morgan fingerprint density at radius 2 is 1.68 bits per heavy atom. The Morgan fingerprint density at radius 1 is 1.00 bits per heavy atom. The lowest BCUT2D eigenvalue weighted by molar-refractivity contribution is -0.134. The predicted octanol–water partition coefficient (Wildman–Crippen LogP) is 3.85. The first kappa shape index (κ1) is 19.9. The van der Waals surface area contributed by atoms with Gasteiger partial charge in [0.05, 0.1) is 26.9 Å². The molecule has 1 aliphatic rings. The van der Waals surface area contributed by atoms with Gasteiger partial charge in [-0.1, -0.05) is 0 Å². The van der Waals surface area contributed by atoms with Gasteiger partial charge in [0.2, 0.25) is 0 Å². The van der Waals surface area contributed by atoms with Crippen LogP contribution in [-0.4, -0.2) is 44.8 Å². The van der Waals surface area contributed by atoms with Gasteiger partial charge in [-0.05, 0) is 56.2 Å². The summed E-state index contributed by atoms with van der Waals surface area (Å²) >= 11 is 0. The van der Waals surface area contributed by atoms with Gasteiger partial charge < -0.3 is 23.8 Å². The Morgan fingerprint density at radius 3 is 2.32 bits per heavy atom. The van der Waals surface area contributed by atoms with Crippen LogP contribution >= 0.6 is 0 Å². The van der Waals surface area contributed by atoms with Gasteiger partial charge in [-0.3, -0.25) is 4.79 Å². The summed E-state index contributed by atoms with van der Waals surface area (Å²) < 4.78 is 21.9. The fourth-order valence-corrected chi connectivity index (χ4v) is 3.51. The number of benzene rings is 2. The first-order chi connectivity index (χ1) is 13.7. The molecule has 1 atom stereocenters. The molecule has 0 saturated carbocycles. The number of ether oxygens (including phenoxy) is 4. The van der Waals surface area contributed by atoms with Crippen LogP contribution in [0.1, 0.15) is 31.4 Å². The molecule has 6 heteroatoms. The molecule has 1 amide bonds. The highest BCUT2D eigenvalue weighted by Crippen LogP contribution is 2.38.